The van der Waals surface area contributed by atoms with Crippen molar-refractivity contribution in [3.05, 3.63) is 51.8 Å². The first-order valence-corrected chi connectivity index (χ1v) is 7.72. The van der Waals surface area contributed by atoms with E-state index in [0.717, 1.165) is 35.1 Å². The van der Waals surface area contributed by atoms with Gasteiger partial charge in [0.05, 0.1) is 15.9 Å². The van der Waals surface area contributed by atoms with E-state index in [4.69, 9.17) is 0 Å². The summed E-state index contributed by atoms with van der Waals surface area (Å²) < 4.78 is 3.08. The first kappa shape index (κ1) is 15.0. The molecule has 0 spiro atoms. The van der Waals surface area contributed by atoms with E-state index in [1.807, 2.05) is 41.9 Å². The molecule has 0 aliphatic rings. The van der Waals surface area contributed by atoms with Gasteiger partial charge in [-0.25, -0.2) is 0 Å². The molecule has 0 amide bonds. The quantitative estimate of drug-likeness (QED) is 0.742. The Balaban J connectivity index is 1.95. The number of hydrogen-bond acceptors (Lipinski definition) is 2. The summed E-state index contributed by atoms with van der Waals surface area (Å²) in [6.45, 7) is 4.93. The summed E-state index contributed by atoms with van der Waals surface area (Å²) in [5.41, 5.74) is 2.99. The smallest absolute Gasteiger partial charge is 0.162 e. The summed E-state index contributed by atoms with van der Waals surface area (Å²) in [6.07, 6.45) is 2.29. The van der Waals surface area contributed by atoms with Crippen molar-refractivity contribution in [2.45, 2.75) is 39.7 Å². The van der Waals surface area contributed by atoms with E-state index in [2.05, 4.69) is 28.0 Å². The maximum absolute atomic E-state index is 12.0. The van der Waals surface area contributed by atoms with Gasteiger partial charge in [-0.2, -0.15) is 5.10 Å². The van der Waals surface area contributed by atoms with Crippen LogP contribution in [-0.2, 0) is 13.0 Å². The molecule has 2 aromatic rings. The number of halogens is 1. The van der Waals surface area contributed by atoms with E-state index in [1.165, 1.54) is 5.69 Å². The third-order valence-corrected chi connectivity index (χ3v) is 4.40. The molecule has 0 aliphatic heterocycles. The Bertz CT molecular complexity index is 590. The molecule has 20 heavy (non-hydrogen) atoms. The Labute approximate surface area is 128 Å². The molecule has 0 atom stereocenters. The number of rotatable bonds is 6. The zero-order valence-electron chi connectivity index (χ0n) is 11.9. The van der Waals surface area contributed by atoms with Gasteiger partial charge in [0.2, 0.25) is 0 Å². The van der Waals surface area contributed by atoms with Gasteiger partial charge in [0.1, 0.15) is 0 Å². The second-order valence-corrected chi connectivity index (χ2v) is 5.60. The first-order valence-electron chi connectivity index (χ1n) is 6.93. The van der Waals surface area contributed by atoms with Crippen molar-refractivity contribution >= 4 is 21.7 Å². The lowest BCUT2D eigenvalue weighted by molar-refractivity contribution is 0.0980. The molecule has 4 heteroatoms. The number of benzene rings is 1. The molecule has 0 unspecified atom stereocenters. The van der Waals surface area contributed by atoms with Gasteiger partial charge in [-0.1, -0.05) is 30.3 Å². The summed E-state index contributed by atoms with van der Waals surface area (Å²) in [6, 6.07) is 9.48. The maximum atomic E-state index is 12.0. The summed E-state index contributed by atoms with van der Waals surface area (Å²) in [4.78, 5) is 12.0. The summed E-state index contributed by atoms with van der Waals surface area (Å²) in [5, 5.41) is 4.47. The highest BCUT2D eigenvalue weighted by Gasteiger charge is 2.12. The SMILES string of the molecule is CCn1nc(C)c(Br)c1CCCC(=O)c1ccccc1. The molecule has 1 aromatic heterocycles. The van der Waals surface area contributed by atoms with Crippen LogP contribution in [0.1, 0.15) is 41.5 Å². The van der Waals surface area contributed by atoms with Crippen LogP contribution in [0.15, 0.2) is 34.8 Å². The Kier molecular flexibility index (Phi) is 5.12. The van der Waals surface area contributed by atoms with Gasteiger partial charge in [0, 0.05) is 18.5 Å². The van der Waals surface area contributed by atoms with E-state index in [9.17, 15) is 4.79 Å². The van der Waals surface area contributed by atoms with Crippen molar-refractivity contribution in [3.63, 3.8) is 0 Å². The van der Waals surface area contributed by atoms with Gasteiger partial charge in [-0.15, -0.1) is 0 Å². The van der Waals surface area contributed by atoms with Gasteiger partial charge in [-0.3, -0.25) is 9.48 Å². The Hall–Kier alpha value is -1.42. The average Bonchev–Trinajstić information content (AvgIpc) is 2.75. The predicted octanol–water partition coefficient (Wildman–Crippen LogP) is 4.18. The van der Waals surface area contributed by atoms with Crippen molar-refractivity contribution in [2.75, 3.05) is 0 Å². The number of carbonyl (C=O) groups is 1. The number of aromatic nitrogens is 2. The maximum Gasteiger partial charge on any atom is 0.162 e. The van der Waals surface area contributed by atoms with Crippen molar-refractivity contribution in [1.29, 1.82) is 0 Å². The lowest BCUT2D eigenvalue weighted by Gasteiger charge is -2.05. The monoisotopic (exact) mass is 334 g/mol. The molecule has 0 N–H and O–H groups in total. The van der Waals surface area contributed by atoms with Gasteiger partial charge >= 0.3 is 0 Å². The van der Waals surface area contributed by atoms with Crippen LogP contribution in [0.3, 0.4) is 0 Å². The average molecular weight is 335 g/mol. The molecule has 0 aliphatic carbocycles. The zero-order chi connectivity index (χ0) is 14.5. The largest absolute Gasteiger partial charge is 0.294 e. The van der Waals surface area contributed by atoms with Crippen molar-refractivity contribution in [3.8, 4) is 0 Å². The second kappa shape index (κ2) is 6.84. The molecule has 1 heterocycles. The Morgan fingerprint density at radius 3 is 2.65 bits per heavy atom. The number of nitrogens with zero attached hydrogens (tertiary/aromatic N) is 2. The fourth-order valence-electron chi connectivity index (χ4n) is 2.29. The van der Waals surface area contributed by atoms with E-state index < -0.39 is 0 Å². The van der Waals surface area contributed by atoms with Crippen LogP contribution in [0.5, 0.6) is 0 Å². The van der Waals surface area contributed by atoms with Crippen molar-refractivity contribution in [1.82, 2.24) is 9.78 Å². The lowest BCUT2D eigenvalue weighted by atomic mass is 10.0. The summed E-state index contributed by atoms with van der Waals surface area (Å²) in [5.74, 6) is 0.209. The molecule has 0 bridgehead atoms. The molecule has 2 rings (SSSR count). The molecule has 1 aromatic carbocycles. The molecule has 0 saturated heterocycles. The third kappa shape index (κ3) is 3.37. The van der Waals surface area contributed by atoms with Crippen LogP contribution in [0.4, 0.5) is 0 Å². The fourth-order valence-corrected chi connectivity index (χ4v) is 2.77. The Morgan fingerprint density at radius 1 is 1.30 bits per heavy atom. The van der Waals surface area contributed by atoms with E-state index >= 15 is 0 Å². The minimum absolute atomic E-state index is 0.209. The van der Waals surface area contributed by atoms with E-state index in [1.54, 1.807) is 0 Å². The topological polar surface area (TPSA) is 34.9 Å². The minimum Gasteiger partial charge on any atom is -0.294 e. The van der Waals surface area contributed by atoms with Crippen molar-refractivity contribution < 1.29 is 4.79 Å². The van der Waals surface area contributed by atoms with Crippen LogP contribution in [0.2, 0.25) is 0 Å². The molecule has 0 fully saturated rings. The molecule has 0 radical (unpaired) electrons. The number of hydrogen-bond donors (Lipinski definition) is 0. The molecule has 106 valence electrons. The van der Waals surface area contributed by atoms with Gasteiger partial charge in [0.25, 0.3) is 0 Å². The van der Waals surface area contributed by atoms with Crippen LogP contribution in [-0.4, -0.2) is 15.6 Å². The molecule has 3 nitrogen and oxygen atoms in total. The van der Waals surface area contributed by atoms with Crippen LogP contribution < -0.4 is 0 Å². The third-order valence-electron chi connectivity index (χ3n) is 3.37. The summed E-state index contributed by atoms with van der Waals surface area (Å²) >= 11 is 3.59. The molecular formula is C16H19BrN2O. The minimum atomic E-state index is 0.209. The first-order chi connectivity index (χ1) is 9.63. The molecular weight excluding hydrogens is 316 g/mol. The molecule has 0 saturated carbocycles. The highest BCUT2D eigenvalue weighted by atomic mass is 79.9. The Morgan fingerprint density at radius 2 is 2.00 bits per heavy atom. The van der Waals surface area contributed by atoms with Crippen molar-refractivity contribution in [2.24, 2.45) is 0 Å². The predicted molar refractivity (Wildman–Crippen MR) is 84.0 cm³/mol. The standard InChI is InChI=1S/C16H19BrN2O/c1-3-19-14(16(17)12(2)18-19)10-7-11-15(20)13-8-5-4-6-9-13/h4-6,8-9H,3,7,10-11H2,1-2H3. The lowest BCUT2D eigenvalue weighted by Crippen LogP contribution is -2.05. The van der Waals surface area contributed by atoms with Gasteiger partial charge in [-0.05, 0) is 42.6 Å². The van der Waals surface area contributed by atoms with Crippen LogP contribution in [0, 0.1) is 6.92 Å². The van der Waals surface area contributed by atoms with Crippen LogP contribution >= 0.6 is 15.9 Å². The second-order valence-electron chi connectivity index (χ2n) is 4.80. The number of aryl methyl sites for hydroxylation is 2. The highest BCUT2D eigenvalue weighted by molar-refractivity contribution is 9.10. The van der Waals surface area contributed by atoms with E-state index in [-0.39, 0.29) is 5.78 Å². The van der Waals surface area contributed by atoms with E-state index in [0.29, 0.717) is 6.42 Å². The van der Waals surface area contributed by atoms with Gasteiger partial charge < -0.3 is 0 Å². The number of carbonyl (C=O) groups excluding carboxylic acids is 1. The number of Topliss-reactive ketones (excluding diaryl/α,β-unsaturated/α-hetero) is 1. The fraction of sp³-hybridized carbons (Fsp3) is 0.375. The van der Waals surface area contributed by atoms with Gasteiger partial charge in [0.15, 0.2) is 5.78 Å². The zero-order valence-corrected chi connectivity index (χ0v) is 13.5. The highest BCUT2D eigenvalue weighted by Crippen LogP contribution is 2.23. The number of ketones is 1. The summed E-state index contributed by atoms with van der Waals surface area (Å²) in [7, 11) is 0. The normalized spacial score (nSPS) is 10.8. The van der Waals surface area contributed by atoms with Crippen LogP contribution in [0.25, 0.3) is 0 Å².